The molecular weight excluding hydrogens is 220 g/mol. The molecular formula is C16H24N2. The average molecular weight is 244 g/mol. The van der Waals surface area contributed by atoms with Crippen LogP contribution in [0.3, 0.4) is 0 Å². The van der Waals surface area contributed by atoms with E-state index in [2.05, 4.69) is 50.6 Å². The Morgan fingerprint density at radius 2 is 1.94 bits per heavy atom. The minimum atomic E-state index is 0.500. The molecule has 0 saturated carbocycles. The highest BCUT2D eigenvalue weighted by atomic mass is 15.0. The van der Waals surface area contributed by atoms with Crippen molar-refractivity contribution in [3.63, 3.8) is 0 Å². The summed E-state index contributed by atoms with van der Waals surface area (Å²) >= 11 is 0. The van der Waals surface area contributed by atoms with Crippen LogP contribution in [0.2, 0.25) is 0 Å². The van der Waals surface area contributed by atoms with E-state index in [9.17, 15) is 0 Å². The SMILES string of the molecule is Cc1cc(C)c2c(CCCN)cn(C(C)C)c2c1. The molecule has 2 heteroatoms. The number of nitrogens with zero attached hydrogens (tertiary/aromatic N) is 1. The lowest BCUT2D eigenvalue weighted by molar-refractivity contribution is 0.620. The van der Waals surface area contributed by atoms with E-state index in [1.54, 1.807) is 0 Å². The van der Waals surface area contributed by atoms with Gasteiger partial charge in [0.25, 0.3) is 0 Å². The third kappa shape index (κ3) is 2.30. The molecule has 0 aliphatic carbocycles. The summed E-state index contributed by atoms with van der Waals surface area (Å²) in [5, 5.41) is 1.43. The highest BCUT2D eigenvalue weighted by Gasteiger charge is 2.12. The molecule has 98 valence electrons. The zero-order valence-corrected chi connectivity index (χ0v) is 12.0. The molecule has 2 nitrogen and oxygen atoms in total. The quantitative estimate of drug-likeness (QED) is 0.873. The Kier molecular flexibility index (Phi) is 3.76. The first-order valence-corrected chi connectivity index (χ1v) is 6.85. The maximum Gasteiger partial charge on any atom is 0.0490 e. The topological polar surface area (TPSA) is 30.9 Å². The summed E-state index contributed by atoms with van der Waals surface area (Å²) in [6, 6.07) is 5.08. The van der Waals surface area contributed by atoms with Gasteiger partial charge in [-0.2, -0.15) is 0 Å². The summed E-state index contributed by atoms with van der Waals surface area (Å²) in [6.45, 7) is 9.63. The Morgan fingerprint density at radius 1 is 1.22 bits per heavy atom. The fraction of sp³-hybridized carbons (Fsp3) is 0.500. The van der Waals surface area contributed by atoms with Gasteiger partial charge in [0.2, 0.25) is 0 Å². The van der Waals surface area contributed by atoms with E-state index in [1.165, 1.54) is 27.6 Å². The van der Waals surface area contributed by atoms with Crippen LogP contribution < -0.4 is 5.73 Å². The molecule has 0 radical (unpaired) electrons. The predicted octanol–water partition coefficient (Wildman–Crippen LogP) is 3.73. The van der Waals surface area contributed by atoms with Gasteiger partial charge in [0.1, 0.15) is 0 Å². The Bertz CT molecular complexity index is 550. The molecule has 0 saturated heterocycles. The van der Waals surface area contributed by atoms with Crippen LogP contribution in [0.1, 0.15) is 43.0 Å². The Balaban J connectivity index is 2.64. The second-order valence-electron chi connectivity index (χ2n) is 5.52. The molecule has 1 aromatic carbocycles. The van der Waals surface area contributed by atoms with Crippen LogP contribution in [0.4, 0.5) is 0 Å². The third-order valence-electron chi connectivity index (χ3n) is 3.56. The van der Waals surface area contributed by atoms with Crippen LogP contribution >= 0.6 is 0 Å². The van der Waals surface area contributed by atoms with Crippen molar-refractivity contribution < 1.29 is 0 Å². The van der Waals surface area contributed by atoms with Crippen LogP contribution in [0, 0.1) is 13.8 Å². The molecule has 0 fully saturated rings. The smallest absolute Gasteiger partial charge is 0.0490 e. The maximum absolute atomic E-state index is 5.64. The largest absolute Gasteiger partial charge is 0.345 e. The first-order chi connectivity index (χ1) is 8.54. The number of hydrogen-bond acceptors (Lipinski definition) is 1. The normalized spacial score (nSPS) is 11.7. The van der Waals surface area contributed by atoms with Crippen molar-refractivity contribution in [2.24, 2.45) is 5.73 Å². The van der Waals surface area contributed by atoms with Gasteiger partial charge in [-0.1, -0.05) is 6.07 Å². The number of hydrogen-bond donors (Lipinski definition) is 1. The van der Waals surface area contributed by atoms with Gasteiger partial charge in [-0.05, 0) is 69.8 Å². The molecule has 0 bridgehead atoms. The van der Waals surface area contributed by atoms with Crippen LogP contribution in [0.5, 0.6) is 0 Å². The molecule has 2 aromatic rings. The number of fused-ring (bicyclic) bond motifs is 1. The molecule has 0 spiro atoms. The molecule has 0 amide bonds. The second kappa shape index (κ2) is 5.15. The summed E-state index contributed by atoms with van der Waals surface area (Å²) in [5.74, 6) is 0. The van der Waals surface area contributed by atoms with Crippen LogP contribution in [-0.2, 0) is 6.42 Å². The third-order valence-corrected chi connectivity index (χ3v) is 3.56. The lowest BCUT2D eigenvalue weighted by Crippen LogP contribution is -2.00. The Morgan fingerprint density at radius 3 is 2.56 bits per heavy atom. The predicted molar refractivity (Wildman–Crippen MR) is 79.2 cm³/mol. The molecule has 0 unspecified atom stereocenters. The standard InChI is InChI=1S/C16H24N2/c1-11(2)18-10-14(6-5-7-17)16-13(4)8-12(3)9-15(16)18/h8-11H,5-7,17H2,1-4H3. The molecule has 2 N–H and O–H groups in total. The van der Waals surface area contributed by atoms with Crippen molar-refractivity contribution >= 4 is 10.9 Å². The molecule has 18 heavy (non-hydrogen) atoms. The summed E-state index contributed by atoms with van der Waals surface area (Å²) < 4.78 is 2.39. The first kappa shape index (κ1) is 13.2. The van der Waals surface area contributed by atoms with E-state index in [4.69, 9.17) is 5.73 Å². The lowest BCUT2D eigenvalue weighted by atomic mass is 10.0. The highest BCUT2D eigenvalue weighted by Crippen LogP contribution is 2.29. The Hall–Kier alpha value is -1.28. The molecule has 1 aromatic heterocycles. The zero-order chi connectivity index (χ0) is 13.3. The van der Waals surface area contributed by atoms with Gasteiger partial charge >= 0.3 is 0 Å². The first-order valence-electron chi connectivity index (χ1n) is 6.85. The van der Waals surface area contributed by atoms with Crippen molar-refractivity contribution in [3.8, 4) is 0 Å². The van der Waals surface area contributed by atoms with E-state index in [-0.39, 0.29) is 0 Å². The molecule has 2 rings (SSSR count). The number of benzene rings is 1. The van der Waals surface area contributed by atoms with Crippen molar-refractivity contribution in [1.82, 2.24) is 4.57 Å². The van der Waals surface area contributed by atoms with E-state index >= 15 is 0 Å². The number of nitrogens with two attached hydrogens (primary N) is 1. The number of rotatable bonds is 4. The Labute approximate surface area is 110 Å². The molecule has 1 heterocycles. The summed E-state index contributed by atoms with van der Waals surface area (Å²) in [7, 11) is 0. The number of aryl methyl sites for hydroxylation is 3. The van der Waals surface area contributed by atoms with Gasteiger partial charge in [-0.15, -0.1) is 0 Å². The molecule has 0 aliphatic heterocycles. The fourth-order valence-electron chi connectivity index (χ4n) is 2.78. The molecule has 0 atom stereocenters. The van der Waals surface area contributed by atoms with E-state index in [0.717, 1.165) is 19.4 Å². The summed E-state index contributed by atoms with van der Waals surface area (Å²) in [4.78, 5) is 0. The minimum Gasteiger partial charge on any atom is -0.345 e. The van der Waals surface area contributed by atoms with Gasteiger partial charge in [0, 0.05) is 23.1 Å². The zero-order valence-electron chi connectivity index (χ0n) is 12.0. The van der Waals surface area contributed by atoms with Gasteiger partial charge in [0.05, 0.1) is 0 Å². The fourth-order valence-corrected chi connectivity index (χ4v) is 2.78. The monoisotopic (exact) mass is 244 g/mol. The van der Waals surface area contributed by atoms with E-state index in [1.807, 2.05) is 0 Å². The highest BCUT2D eigenvalue weighted by molar-refractivity contribution is 5.88. The van der Waals surface area contributed by atoms with Crippen LogP contribution in [0.15, 0.2) is 18.3 Å². The summed E-state index contributed by atoms with van der Waals surface area (Å²) in [6.07, 6.45) is 4.46. The average Bonchev–Trinajstić information content (AvgIpc) is 2.65. The van der Waals surface area contributed by atoms with Gasteiger partial charge < -0.3 is 10.3 Å². The van der Waals surface area contributed by atoms with Crippen molar-refractivity contribution in [3.05, 3.63) is 35.0 Å². The molecule has 0 aliphatic rings. The second-order valence-corrected chi connectivity index (χ2v) is 5.52. The van der Waals surface area contributed by atoms with Gasteiger partial charge in [-0.25, -0.2) is 0 Å². The van der Waals surface area contributed by atoms with Crippen molar-refractivity contribution in [2.45, 2.75) is 46.6 Å². The summed E-state index contributed by atoms with van der Waals surface area (Å²) in [5.41, 5.74) is 11.2. The van der Waals surface area contributed by atoms with Crippen LogP contribution in [0.25, 0.3) is 10.9 Å². The lowest BCUT2D eigenvalue weighted by Gasteiger charge is -2.10. The minimum absolute atomic E-state index is 0.500. The van der Waals surface area contributed by atoms with Crippen molar-refractivity contribution in [2.75, 3.05) is 6.54 Å². The van der Waals surface area contributed by atoms with Crippen LogP contribution in [-0.4, -0.2) is 11.1 Å². The number of aromatic nitrogens is 1. The maximum atomic E-state index is 5.64. The van der Waals surface area contributed by atoms with Gasteiger partial charge in [0.15, 0.2) is 0 Å². The van der Waals surface area contributed by atoms with Crippen molar-refractivity contribution in [1.29, 1.82) is 0 Å². The van der Waals surface area contributed by atoms with Gasteiger partial charge in [-0.3, -0.25) is 0 Å². The van der Waals surface area contributed by atoms with E-state index < -0.39 is 0 Å². The van der Waals surface area contributed by atoms with E-state index in [0.29, 0.717) is 6.04 Å².